The lowest BCUT2D eigenvalue weighted by Crippen LogP contribution is -2.14. The van der Waals surface area contributed by atoms with Crippen LogP contribution < -0.4 is 5.56 Å². The van der Waals surface area contributed by atoms with Gasteiger partial charge in [-0.25, -0.2) is 0 Å². The summed E-state index contributed by atoms with van der Waals surface area (Å²) in [7, 11) is 0. The maximum Gasteiger partial charge on any atom is 0.327 e. The summed E-state index contributed by atoms with van der Waals surface area (Å²) in [6.07, 6.45) is 8.95. The molecule has 2 heterocycles. The minimum atomic E-state index is -1.02. The molecule has 0 aliphatic heterocycles. The predicted molar refractivity (Wildman–Crippen MR) is 132 cm³/mol. The first-order valence-electron chi connectivity index (χ1n) is 12.1. The number of aromatic nitrogens is 5. The van der Waals surface area contributed by atoms with Gasteiger partial charge in [0.05, 0.1) is 0 Å². The fourth-order valence-corrected chi connectivity index (χ4v) is 4.74. The summed E-state index contributed by atoms with van der Waals surface area (Å²) in [5.74, 6) is -0.144. The molecule has 0 radical (unpaired) electrons. The first-order valence-corrected chi connectivity index (χ1v) is 12.5. The number of tetrazole rings is 1. The third-order valence-corrected chi connectivity index (χ3v) is 7.40. The van der Waals surface area contributed by atoms with Crippen LogP contribution >= 0.6 is 11.6 Å². The van der Waals surface area contributed by atoms with Crippen molar-refractivity contribution in [3.05, 3.63) is 80.0 Å². The zero-order valence-corrected chi connectivity index (χ0v) is 20.4. The number of carbonyl (C=O) groups is 1. The van der Waals surface area contributed by atoms with Gasteiger partial charge in [0, 0.05) is 28.3 Å². The molecule has 2 fully saturated rings. The molecule has 2 aliphatic rings. The van der Waals surface area contributed by atoms with Crippen molar-refractivity contribution in [2.75, 3.05) is 0 Å². The molecule has 35 heavy (non-hydrogen) atoms. The molecule has 9 heteroatoms. The molecule has 2 saturated carbocycles. The molecule has 5 rings (SSSR count). The van der Waals surface area contributed by atoms with Crippen LogP contribution in [0, 0.1) is 5.41 Å². The van der Waals surface area contributed by atoms with E-state index in [1.165, 1.54) is 0 Å². The Morgan fingerprint density at radius 2 is 2.06 bits per heavy atom. The first-order chi connectivity index (χ1) is 16.9. The molecule has 0 saturated heterocycles. The van der Waals surface area contributed by atoms with Crippen molar-refractivity contribution >= 4 is 23.1 Å². The maximum absolute atomic E-state index is 12.7. The maximum atomic E-state index is 12.7. The van der Waals surface area contributed by atoms with Gasteiger partial charge in [-0.3, -0.25) is 9.59 Å². The lowest BCUT2D eigenvalue weighted by molar-refractivity contribution is -0.138. The summed E-state index contributed by atoms with van der Waals surface area (Å²) >= 11 is 6.69. The fraction of sp³-hybridized carbons (Fsp3) is 0.423. The second kappa shape index (κ2) is 9.41. The zero-order chi connectivity index (χ0) is 24.6. The van der Waals surface area contributed by atoms with Crippen molar-refractivity contribution in [3.63, 3.8) is 0 Å². The average molecular weight is 494 g/mol. The number of H-pyrrole nitrogens is 1. The number of halogens is 1. The summed E-state index contributed by atoms with van der Waals surface area (Å²) in [4.78, 5) is 27.7. The van der Waals surface area contributed by atoms with Gasteiger partial charge >= 0.3 is 5.97 Å². The van der Waals surface area contributed by atoms with Gasteiger partial charge in [-0.15, -0.1) is 10.2 Å². The highest BCUT2D eigenvalue weighted by Gasteiger charge is 2.39. The number of carboxylic acid groups (broad SMARTS) is 1. The molecular weight excluding hydrogens is 466 g/mol. The van der Waals surface area contributed by atoms with Crippen LogP contribution in [-0.2, 0) is 24.2 Å². The quantitative estimate of drug-likeness (QED) is 0.433. The lowest BCUT2D eigenvalue weighted by Gasteiger charge is -2.15. The number of rotatable bonds is 10. The molecular formula is C26H28ClN5O3. The predicted octanol–water partition coefficient (Wildman–Crippen LogP) is 4.38. The summed E-state index contributed by atoms with van der Waals surface area (Å²) in [5.41, 5.74) is 4.81. The van der Waals surface area contributed by atoms with Gasteiger partial charge < -0.3 is 10.1 Å². The van der Waals surface area contributed by atoms with Gasteiger partial charge in [0.25, 0.3) is 5.56 Å². The normalized spacial score (nSPS) is 16.9. The number of hydrogen-bond donors (Lipinski definition) is 2. The highest BCUT2D eigenvalue weighted by molar-refractivity contribution is 6.31. The molecule has 2 aromatic heterocycles. The van der Waals surface area contributed by atoms with Crippen LogP contribution in [0.5, 0.6) is 0 Å². The SMILES string of the molecule is CCC1(/C=C(\c2ccc(CCc3nnn(CC(=O)O)n3)c(Cl)c2)c2ccc(C3CC3)c(=O)[nH]2)CC1. The Morgan fingerprint density at radius 3 is 2.69 bits per heavy atom. The minimum Gasteiger partial charge on any atom is -0.480 e. The van der Waals surface area contributed by atoms with Crippen LogP contribution in [0.15, 0.2) is 41.2 Å². The number of hydrogen-bond acceptors (Lipinski definition) is 5. The van der Waals surface area contributed by atoms with Crippen molar-refractivity contribution in [1.29, 1.82) is 0 Å². The highest BCUT2D eigenvalue weighted by Crippen LogP contribution is 2.52. The number of allylic oxidation sites excluding steroid dienone is 1. The number of nitrogens with one attached hydrogen (secondary N) is 1. The molecule has 182 valence electrons. The number of aryl methyl sites for hydroxylation is 2. The Morgan fingerprint density at radius 1 is 1.26 bits per heavy atom. The van der Waals surface area contributed by atoms with Crippen LogP contribution in [0.4, 0.5) is 0 Å². The number of nitrogens with zero attached hydrogens (tertiary/aromatic N) is 4. The molecule has 1 aromatic carbocycles. The van der Waals surface area contributed by atoms with Gasteiger partial charge in [-0.1, -0.05) is 42.8 Å². The Kier molecular flexibility index (Phi) is 6.32. The van der Waals surface area contributed by atoms with Crippen molar-refractivity contribution in [2.45, 2.75) is 64.3 Å². The molecule has 0 spiro atoms. The van der Waals surface area contributed by atoms with E-state index in [9.17, 15) is 9.59 Å². The van der Waals surface area contributed by atoms with E-state index in [4.69, 9.17) is 16.7 Å². The molecule has 0 amide bonds. The number of pyridine rings is 1. The van der Waals surface area contributed by atoms with Crippen LogP contribution in [0.25, 0.3) is 5.57 Å². The topological polar surface area (TPSA) is 114 Å². The van der Waals surface area contributed by atoms with E-state index in [0.29, 0.717) is 29.6 Å². The third-order valence-electron chi connectivity index (χ3n) is 7.05. The van der Waals surface area contributed by atoms with Crippen LogP contribution in [0.3, 0.4) is 0 Å². The summed E-state index contributed by atoms with van der Waals surface area (Å²) in [6.45, 7) is 1.89. The van der Waals surface area contributed by atoms with Crippen LogP contribution in [-0.4, -0.2) is 36.3 Å². The Hall–Kier alpha value is -3.26. The van der Waals surface area contributed by atoms with Crippen LogP contribution in [0.2, 0.25) is 5.02 Å². The number of aliphatic carboxylic acids is 1. The summed E-state index contributed by atoms with van der Waals surface area (Å²) < 4.78 is 0. The smallest absolute Gasteiger partial charge is 0.327 e. The molecule has 0 unspecified atom stereocenters. The van der Waals surface area contributed by atoms with Gasteiger partial charge in [0.1, 0.15) is 0 Å². The monoisotopic (exact) mass is 493 g/mol. The van der Waals surface area contributed by atoms with Crippen LogP contribution in [0.1, 0.15) is 73.2 Å². The summed E-state index contributed by atoms with van der Waals surface area (Å²) in [6, 6.07) is 10.00. The number of aromatic amines is 1. The zero-order valence-electron chi connectivity index (χ0n) is 19.6. The molecule has 0 bridgehead atoms. The average Bonchev–Trinajstić information content (AvgIpc) is 3.76. The van der Waals surface area contributed by atoms with E-state index in [0.717, 1.165) is 64.9 Å². The van der Waals surface area contributed by atoms with Gasteiger partial charge in [-0.2, -0.15) is 4.80 Å². The Bertz CT molecular complexity index is 1350. The third kappa shape index (κ3) is 5.37. The van der Waals surface area contributed by atoms with Gasteiger partial charge in [0.2, 0.25) is 0 Å². The van der Waals surface area contributed by atoms with Gasteiger partial charge in [0.15, 0.2) is 12.4 Å². The molecule has 8 nitrogen and oxygen atoms in total. The highest BCUT2D eigenvalue weighted by atomic mass is 35.5. The Balaban J connectivity index is 1.39. The second-order valence-electron chi connectivity index (χ2n) is 9.64. The van der Waals surface area contributed by atoms with E-state index < -0.39 is 5.97 Å². The summed E-state index contributed by atoms with van der Waals surface area (Å²) in [5, 5.41) is 21.3. The van der Waals surface area contributed by atoms with E-state index in [-0.39, 0.29) is 17.5 Å². The van der Waals surface area contributed by atoms with Crippen molar-refractivity contribution in [2.24, 2.45) is 5.41 Å². The van der Waals surface area contributed by atoms with E-state index in [1.54, 1.807) is 0 Å². The van der Waals surface area contributed by atoms with Crippen molar-refractivity contribution < 1.29 is 9.90 Å². The standard InChI is InChI=1S/C26H28ClN5O3/c1-2-26(11-12-26)14-20(22-9-8-19(16-3-4-16)25(35)28-22)18-6-5-17(21(27)13-18)7-10-23-29-31-32(30-23)15-24(33)34/h5-6,8-9,13-14,16H,2-4,7,10-12,15H2,1H3,(H,28,35)(H,33,34)/b20-14+. The second-order valence-corrected chi connectivity index (χ2v) is 10.0. The number of carboxylic acids is 1. The van der Waals surface area contributed by atoms with E-state index in [2.05, 4.69) is 33.4 Å². The van der Waals surface area contributed by atoms with E-state index >= 15 is 0 Å². The molecule has 3 aromatic rings. The fourth-order valence-electron chi connectivity index (χ4n) is 4.47. The molecule has 2 N–H and O–H groups in total. The van der Waals surface area contributed by atoms with E-state index in [1.807, 2.05) is 30.3 Å². The van der Waals surface area contributed by atoms with Crippen molar-refractivity contribution in [3.8, 4) is 0 Å². The molecule has 0 atom stereocenters. The Labute approximate surface area is 208 Å². The van der Waals surface area contributed by atoms with Crippen molar-refractivity contribution in [1.82, 2.24) is 25.2 Å². The minimum absolute atomic E-state index is 0.00315. The number of benzene rings is 1. The lowest BCUT2D eigenvalue weighted by atomic mass is 9.92. The largest absolute Gasteiger partial charge is 0.480 e. The first kappa shape index (κ1) is 23.5. The van der Waals surface area contributed by atoms with Gasteiger partial charge in [-0.05, 0) is 78.3 Å². The molecule has 2 aliphatic carbocycles.